The van der Waals surface area contributed by atoms with Crippen LogP contribution in [-0.2, 0) is 32.1 Å². The minimum absolute atomic E-state index is 0.0613. The number of ether oxygens (including phenoxy) is 1. The number of hydrogen-bond donors (Lipinski definition) is 2. The van der Waals surface area contributed by atoms with E-state index in [1.807, 2.05) is 52.8 Å². The van der Waals surface area contributed by atoms with Crippen molar-refractivity contribution in [1.82, 2.24) is 15.5 Å². The Labute approximate surface area is 204 Å². The topological polar surface area (TPSA) is 87.7 Å². The molecule has 1 aliphatic rings. The molecule has 2 amide bonds. The minimum atomic E-state index is -0.721. The summed E-state index contributed by atoms with van der Waals surface area (Å²) in [5, 5.41) is 6.32. The summed E-state index contributed by atoms with van der Waals surface area (Å²) in [6.45, 7) is 14.2. The van der Waals surface area contributed by atoms with Crippen molar-refractivity contribution in [2.24, 2.45) is 11.3 Å². The summed E-state index contributed by atoms with van der Waals surface area (Å²) < 4.78 is 5.10. The number of benzene rings is 1. The van der Waals surface area contributed by atoms with Crippen molar-refractivity contribution < 1.29 is 19.1 Å². The third-order valence-corrected chi connectivity index (χ3v) is 6.29. The van der Waals surface area contributed by atoms with E-state index in [1.165, 1.54) is 5.56 Å². The third kappa shape index (κ3) is 6.92. The lowest BCUT2D eigenvalue weighted by molar-refractivity contribution is -0.141. The lowest BCUT2D eigenvalue weighted by Gasteiger charge is -2.38. The van der Waals surface area contributed by atoms with Crippen molar-refractivity contribution in [2.45, 2.75) is 79.6 Å². The van der Waals surface area contributed by atoms with Crippen LogP contribution in [0.4, 0.5) is 0 Å². The number of fused-ring (bicyclic) bond motifs is 1. The van der Waals surface area contributed by atoms with Crippen LogP contribution < -0.4 is 10.6 Å². The average molecular weight is 472 g/mol. The van der Waals surface area contributed by atoms with Gasteiger partial charge in [0.1, 0.15) is 6.04 Å². The zero-order valence-corrected chi connectivity index (χ0v) is 21.9. The summed E-state index contributed by atoms with van der Waals surface area (Å²) in [5.41, 5.74) is 2.30. The maximum Gasteiger partial charge on any atom is 0.333 e. The Bertz CT molecular complexity index is 917. The smallest absolute Gasteiger partial charge is 0.333 e. The van der Waals surface area contributed by atoms with E-state index in [9.17, 15) is 14.4 Å². The van der Waals surface area contributed by atoms with Crippen LogP contribution in [0.3, 0.4) is 0 Å². The van der Waals surface area contributed by atoms with Crippen LogP contribution in [0.1, 0.15) is 59.6 Å². The first kappa shape index (κ1) is 27.6. The molecule has 0 saturated heterocycles. The largest absolute Gasteiger partial charge is 0.463 e. The number of carbonyl (C=O) groups is 3. The molecule has 0 spiro atoms. The highest BCUT2D eigenvalue weighted by Crippen LogP contribution is 2.24. The monoisotopic (exact) mass is 471 g/mol. The van der Waals surface area contributed by atoms with Gasteiger partial charge in [-0.05, 0) is 42.7 Å². The van der Waals surface area contributed by atoms with Gasteiger partial charge in [-0.3, -0.25) is 9.59 Å². The third-order valence-electron chi connectivity index (χ3n) is 6.29. The van der Waals surface area contributed by atoms with Crippen LogP contribution in [0.5, 0.6) is 0 Å². The van der Waals surface area contributed by atoms with Gasteiger partial charge in [0.2, 0.25) is 11.8 Å². The van der Waals surface area contributed by atoms with Crippen molar-refractivity contribution >= 4 is 17.8 Å². The second-order valence-electron chi connectivity index (χ2n) is 10.5. The Morgan fingerprint density at radius 3 is 2.38 bits per heavy atom. The fraction of sp³-hybridized carbons (Fsp3) is 0.593. The van der Waals surface area contributed by atoms with Gasteiger partial charge in [0.05, 0.1) is 18.7 Å². The van der Waals surface area contributed by atoms with E-state index < -0.39 is 23.5 Å². The molecule has 1 aliphatic heterocycles. The van der Waals surface area contributed by atoms with E-state index in [4.69, 9.17) is 4.74 Å². The number of nitrogens with zero attached hydrogens (tertiary/aromatic N) is 1. The first-order valence-electron chi connectivity index (χ1n) is 12.1. The standard InChI is InChI=1S/C27H41N3O4/c1-9-34-26(33)18(4)14-22(17(2)3)30(8)25(32)23(27(5,6)7)29-24(31)21-15-19-12-10-11-13-20(19)16-28-21/h10-14,17,21-23,28H,9,15-16H2,1-8H3,(H,29,31)/b18-14+/t21-,22+,23+/m0/s1. The van der Waals surface area contributed by atoms with Crippen LogP contribution in [0.2, 0.25) is 0 Å². The highest BCUT2D eigenvalue weighted by molar-refractivity contribution is 5.91. The van der Waals surface area contributed by atoms with Gasteiger partial charge < -0.3 is 20.3 Å². The van der Waals surface area contributed by atoms with Crippen LogP contribution in [0.25, 0.3) is 0 Å². The van der Waals surface area contributed by atoms with Crippen molar-refractivity contribution in [2.75, 3.05) is 13.7 Å². The van der Waals surface area contributed by atoms with Crippen molar-refractivity contribution in [3.8, 4) is 0 Å². The number of esters is 1. The maximum absolute atomic E-state index is 13.7. The SMILES string of the molecule is CCOC(=O)/C(C)=C/[C@H](C(C)C)N(C)C(=O)[C@@H](NC(=O)[C@@H]1Cc2ccccc2CN1)C(C)(C)C. The Hall–Kier alpha value is -2.67. The van der Waals surface area contributed by atoms with Gasteiger partial charge in [0.15, 0.2) is 0 Å². The molecule has 2 N–H and O–H groups in total. The molecule has 188 valence electrons. The Balaban J connectivity index is 2.21. The molecule has 3 atom stereocenters. The first-order chi connectivity index (χ1) is 15.9. The predicted octanol–water partition coefficient (Wildman–Crippen LogP) is 3.22. The molecule has 7 heteroatoms. The molecular weight excluding hydrogens is 430 g/mol. The Morgan fingerprint density at radius 2 is 1.82 bits per heavy atom. The fourth-order valence-corrected chi connectivity index (χ4v) is 4.20. The van der Waals surface area contributed by atoms with Crippen molar-refractivity contribution in [3.63, 3.8) is 0 Å². The van der Waals surface area contributed by atoms with E-state index in [0.717, 1.165) is 5.56 Å². The van der Waals surface area contributed by atoms with E-state index in [0.29, 0.717) is 25.1 Å². The average Bonchev–Trinajstić information content (AvgIpc) is 2.78. The molecule has 1 aromatic rings. The lowest BCUT2D eigenvalue weighted by Crippen LogP contribution is -2.59. The van der Waals surface area contributed by atoms with E-state index >= 15 is 0 Å². The summed E-state index contributed by atoms with van der Waals surface area (Å²) in [4.78, 5) is 40.7. The van der Waals surface area contributed by atoms with Crippen LogP contribution >= 0.6 is 0 Å². The summed E-state index contributed by atoms with van der Waals surface area (Å²) in [5.74, 6) is -0.705. The number of amides is 2. The van der Waals surface area contributed by atoms with E-state index in [1.54, 1.807) is 31.9 Å². The first-order valence-corrected chi connectivity index (χ1v) is 12.1. The molecule has 0 bridgehead atoms. The zero-order valence-electron chi connectivity index (χ0n) is 21.9. The highest BCUT2D eigenvalue weighted by atomic mass is 16.5. The molecule has 2 rings (SSSR count). The molecule has 0 aliphatic carbocycles. The van der Waals surface area contributed by atoms with Gasteiger partial charge in [-0.1, -0.05) is 65.0 Å². The highest BCUT2D eigenvalue weighted by Gasteiger charge is 2.38. The molecule has 0 fully saturated rings. The van der Waals surface area contributed by atoms with E-state index in [-0.39, 0.29) is 23.8 Å². The Morgan fingerprint density at radius 1 is 1.21 bits per heavy atom. The van der Waals surface area contributed by atoms with Crippen LogP contribution in [0, 0.1) is 11.3 Å². The van der Waals surface area contributed by atoms with Gasteiger partial charge in [0.25, 0.3) is 0 Å². The van der Waals surface area contributed by atoms with Gasteiger partial charge in [-0.15, -0.1) is 0 Å². The summed E-state index contributed by atoms with van der Waals surface area (Å²) in [6.07, 6.45) is 2.36. The number of nitrogens with one attached hydrogen (secondary N) is 2. The fourth-order valence-electron chi connectivity index (χ4n) is 4.20. The number of hydrogen-bond acceptors (Lipinski definition) is 5. The quantitative estimate of drug-likeness (QED) is 0.449. The summed E-state index contributed by atoms with van der Waals surface area (Å²) in [7, 11) is 1.72. The molecule has 7 nitrogen and oxygen atoms in total. The second-order valence-corrected chi connectivity index (χ2v) is 10.5. The number of rotatable bonds is 8. The van der Waals surface area contributed by atoms with Gasteiger partial charge in [-0.25, -0.2) is 4.79 Å². The van der Waals surface area contributed by atoms with Crippen molar-refractivity contribution in [3.05, 3.63) is 47.0 Å². The molecule has 0 aromatic heterocycles. The normalized spacial score (nSPS) is 18.0. The number of likely N-dealkylation sites (N-methyl/N-ethyl adjacent to an activating group) is 1. The molecule has 0 unspecified atom stereocenters. The Kier molecular flexibility index (Phi) is 9.45. The van der Waals surface area contributed by atoms with E-state index in [2.05, 4.69) is 16.7 Å². The van der Waals surface area contributed by atoms with Crippen molar-refractivity contribution in [1.29, 1.82) is 0 Å². The second kappa shape index (κ2) is 11.6. The van der Waals surface area contributed by atoms with Crippen LogP contribution in [-0.4, -0.2) is 54.5 Å². The molecule has 0 radical (unpaired) electrons. The van der Waals surface area contributed by atoms with Gasteiger partial charge in [0, 0.05) is 19.2 Å². The summed E-state index contributed by atoms with van der Waals surface area (Å²) in [6, 6.07) is 6.64. The molecule has 34 heavy (non-hydrogen) atoms. The molecule has 0 saturated carbocycles. The van der Waals surface area contributed by atoms with Gasteiger partial charge in [-0.2, -0.15) is 0 Å². The maximum atomic E-state index is 13.7. The molecular formula is C27H41N3O4. The predicted molar refractivity (Wildman–Crippen MR) is 134 cm³/mol. The lowest BCUT2D eigenvalue weighted by atomic mass is 9.84. The van der Waals surface area contributed by atoms with Crippen LogP contribution in [0.15, 0.2) is 35.9 Å². The summed E-state index contributed by atoms with van der Waals surface area (Å²) >= 11 is 0. The molecule has 1 aromatic carbocycles. The molecule has 1 heterocycles. The number of carbonyl (C=O) groups excluding carboxylic acids is 3. The minimum Gasteiger partial charge on any atom is -0.463 e. The zero-order chi connectivity index (χ0) is 25.6. The van der Waals surface area contributed by atoms with Gasteiger partial charge >= 0.3 is 5.97 Å².